The summed E-state index contributed by atoms with van der Waals surface area (Å²) in [4.78, 5) is 6.72. The zero-order valence-corrected chi connectivity index (χ0v) is 11.4. The van der Waals surface area contributed by atoms with Crippen LogP contribution < -0.4 is 10.1 Å². The highest BCUT2D eigenvalue weighted by Crippen LogP contribution is 2.14. The number of methoxy groups -OCH3 is 1. The first kappa shape index (κ1) is 13.3. The van der Waals surface area contributed by atoms with Crippen molar-refractivity contribution in [3.63, 3.8) is 0 Å². The Morgan fingerprint density at radius 1 is 1.50 bits per heavy atom. The van der Waals surface area contributed by atoms with E-state index in [4.69, 9.17) is 4.74 Å². The number of pyridine rings is 1. The summed E-state index contributed by atoms with van der Waals surface area (Å²) >= 11 is 0. The van der Waals surface area contributed by atoms with E-state index in [0.717, 1.165) is 19.0 Å². The van der Waals surface area contributed by atoms with Gasteiger partial charge in [0, 0.05) is 25.4 Å². The minimum absolute atomic E-state index is 0.674. The summed E-state index contributed by atoms with van der Waals surface area (Å²) in [5, 5.41) is 3.52. The summed E-state index contributed by atoms with van der Waals surface area (Å²) in [6, 6.07) is 3.97. The first-order valence-electron chi connectivity index (χ1n) is 6.73. The Hall–Kier alpha value is -1.13. The SMILES string of the molecule is CCN1CCC(CNCc2ccc(OC)nc2)C1. The van der Waals surface area contributed by atoms with Gasteiger partial charge in [-0.25, -0.2) is 4.98 Å². The molecule has 0 amide bonds. The zero-order valence-electron chi connectivity index (χ0n) is 11.4. The molecule has 0 aliphatic carbocycles. The van der Waals surface area contributed by atoms with Crippen molar-refractivity contribution < 1.29 is 4.74 Å². The van der Waals surface area contributed by atoms with Crippen molar-refractivity contribution in [2.45, 2.75) is 19.9 Å². The minimum atomic E-state index is 0.674. The molecule has 1 atom stereocenters. The predicted octanol–water partition coefficient (Wildman–Crippen LogP) is 1.52. The molecular weight excluding hydrogens is 226 g/mol. The van der Waals surface area contributed by atoms with E-state index in [2.05, 4.69) is 28.2 Å². The van der Waals surface area contributed by atoms with Crippen molar-refractivity contribution in [1.29, 1.82) is 0 Å². The van der Waals surface area contributed by atoms with Crippen LogP contribution in [0.3, 0.4) is 0 Å². The van der Waals surface area contributed by atoms with Crippen LogP contribution in [0, 0.1) is 5.92 Å². The summed E-state index contributed by atoms with van der Waals surface area (Å²) in [5.41, 5.74) is 1.21. The molecule has 1 N–H and O–H groups in total. The van der Waals surface area contributed by atoms with Crippen LogP contribution in [-0.4, -0.2) is 43.2 Å². The summed E-state index contributed by atoms with van der Waals surface area (Å²) in [6.45, 7) is 7.90. The minimum Gasteiger partial charge on any atom is -0.481 e. The molecule has 2 rings (SSSR count). The van der Waals surface area contributed by atoms with Crippen LogP contribution in [0.1, 0.15) is 18.9 Å². The molecule has 0 spiro atoms. The molecule has 1 aromatic heterocycles. The van der Waals surface area contributed by atoms with Crippen molar-refractivity contribution in [3.05, 3.63) is 23.9 Å². The molecule has 1 fully saturated rings. The number of likely N-dealkylation sites (tertiary alicyclic amines) is 1. The summed E-state index contributed by atoms with van der Waals surface area (Å²) < 4.78 is 5.04. The van der Waals surface area contributed by atoms with Gasteiger partial charge in [-0.1, -0.05) is 13.0 Å². The maximum absolute atomic E-state index is 5.04. The van der Waals surface area contributed by atoms with E-state index in [1.54, 1.807) is 7.11 Å². The van der Waals surface area contributed by atoms with E-state index in [0.29, 0.717) is 5.88 Å². The van der Waals surface area contributed by atoms with Crippen molar-refractivity contribution in [2.75, 3.05) is 33.3 Å². The fourth-order valence-electron chi connectivity index (χ4n) is 2.42. The van der Waals surface area contributed by atoms with E-state index in [-0.39, 0.29) is 0 Å². The normalized spacial score (nSPS) is 20.2. The molecule has 0 bridgehead atoms. The summed E-state index contributed by atoms with van der Waals surface area (Å²) in [7, 11) is 1.64. The van der Waals surface area contributed by atoms with Gasteiger partial charge >= 0.3 is 0 Å². The van der Waals surface area contributed by atoms with Crippen LogP contribution in [0.4, 0.5) is 0 Å². The van der Waals surface area contributed by atoms with Gasteiger partial charge in [-0.05, 0) is 37.5 Å². The van der Waals surface area contributed by atoms with Gasteiger partial charge in [-0.3, -0.25) is 0 Å². The Morgan fingerprint density at radius 2 is 2.39 bits per heavy atom. The third-order valence-electron chi connectivity index (χ3n) is 3.59. The van der Waals surface area contributed by atoms with Crippen molar-refractivity contribution >= 4 is 0 Å². The fraction of sp³-hybridized carbons (Fsp3) is 0.643. The summed E-state index contributed by atoms with van der Waals surface area (Å²) in [6.07, 6.45) is 3.19. The predicted molar refractivity (Wildman–Crippen MR) is 72.7 cm³/mol. The van der Waals surface area contributed by atoms with E-state index < -0.39 is 0 Å². The van der Waals surface area contributed by atoms with Crippen LogP contribution in [0.5, 0.6) is 5.88 Å². The van der Waals surface area contributed by atoms with Gasteiger partial charge < -0.3 is 15.0 Å². The number of nitrogens with zero attached hydrogens (tertiary/aromatic N) is 2. The quantitative estimate of drug-likeness (QED) is 0.829. The standard InChI is InChI=1S/C14H23N3O/c1-3-17-7-6-13(11-17)9-15-8-12-4-5-14(18-2)16-10-12/h4-5,10,13,15H,3,6-9,11H2,1-2H3. The Kier molecular flexibility index (Phi) is 4.96. The molecule has 100 valence electrons. The van der Waals surface area contributed by atoms with Crippen molar-refractivity contribution in [1.82, 2.24) is 15.2 Å². The largest absolute Gasteiger partial charge is 0.481 e. The van der Waals surface area contributed by atoms with E-state index in [1.165, 1.54) is 31.6 Å². The maximum atomic E-state index is 5.04. The van der Waals surface area contributed by atoms with Gasteiger partial charge in [0.25, 0.3) is 0 Å². The van der Waals surface area contributed by atoms with Gasteiger partial charge in [0.05, 0.1) is 7.11 Å². The van der Waals surface area contributed by atoms with Crippen molar-refractivity contribution in [3.8, 4) is 5.88 Å². The van der Waals surface area contributed by atoms with Crippen LogP contribution in [0.25, 0.3) is 0 Å². The number of nitrogens with one attached hydrogen (secondary N) is 1. The van der Waals surface area contributed by atoms with Crippen LogP contribution in [0.2, 0.25) is 0 Å². The van der Waals surface area contributed by atoms with E-state index >= 15 is 0 Å². The topological polar surface area (TPSA) is 37.4 Å². The highest BCUT2D eigenvalue weighted by Gasteiger charge is 2.20. The lowest BCUT2D eigenvalue weighted by atomic mass is 10.1. The second-order valence-corrected chi connectivity index (χ2v) is 4.89. The van der Waals surface area contributed by atoms with Gasteiger partial charge in [-0.15, -0.1) is 0 Å². The molecule has 2 heterocycles. The first-order valence-corrected chi connectivity index (χ1v) is 6.73. The Balaban J connectivity index is 1.68. The molecule has 1 aliphatic heterocycles. The van der Waals surface area contributed by atoms with E-state index in [9.17, 15) is 0 Å². The molecule has 4 nitrogen and oxygen atoms in total. The maximum Gasteiger partial charge on any atom is 0.212 e. The number of hydrogen-bond acceptors (Lipinski definition) is 4. The lowest BCUT2D eigenvalue weighted by molar-refractivity contribution is 0.339. The number of aromatic nitrogens is 1. The molecule has 1 unspecified atom stereocenters. The lowest BCUT2D eigenvalue weighted by Crippen LogP contribution is -2.26. The van der Waals surface area contributed by atoms with Crippen LogP contribution in [0.15, 0.2) is 18.3 Å². The molecular formula is C14H23N3O. The fourth-order valence-corrected chi connectivity index (χ4v) is 2.42. The van der Waals surface area contributed by atoms with Gasteiger partial charge in [0.2, 0.25) is 5.88 Å². The molecule has 0 saturated carbocycles. The van der Waals surface area contributed by atoms with Crippen LogP contribution in [-0.2, 0) is 6.54 Å². The average molecular weight is 249 g/mol. The van der Waals surface area contributed by atoms with Gasteiger partial charge in [0.1, 0.15) is 0 Å². The number of rotatable bonds is 6. The highest BCUT2D eigenvalue weighted by molar-refractivity contribution is 5.17. The monoisotopic (exact) mass is 249 g/mol. The van der Waals surface area contributed by atoms with Gasteiger partial charge in [0.15, 0.2) is 0 Å². The number of ether oxygens (including phenoxy) is 1. The molecule has 0 radical (unpaired) electrons. The smallest absolute Gasteiger partial charge is 0.212 e. The van der Waals surface area contributed by atoms with Gasteiger partial charge in [-0.2, -0.15) is 0 Å². The lowest BCUT2D eigenvalue weighted by Gasteiger charge is -2.13. The molecule has 4 heteroatoms. The third kappa shape index (κ3) is 3.68. The Labute approximate surface area is 109 Å². The molecule has 1 saturated heterocycles. The molecule has 1 aliphatic rings. The average Bonchev–Trinajstić information content (AvgIpc) is 2.87. The zero-order chi connectivity index (χ0) is 12.8. The first-order chi connectivity index (χ1) is 8.81. The highest BCUT2D eigenvalue weighted by atomic mass is 16.5. The molecule has 1 aromatic rings. The Morgan fingerprint density at radius 3 is 3.00 bits per heavy atom. The van der Waals surface area contributed by atoms with Crippen molar-refractivity contribution in [2.24, 2.45) is 5.92 Å². The van der Waals surface area contributed by atoms with E-state index in [1.807, 2.05) is 12.3 Å². The third-order valence-corrected chi connectivity index (χ3v) is 3.59. The second-order valence-electron chi connectivity index (χ2n) is 4.89. The second kappa shape index (κ2) is 6.71. The molecule has 0 aromatic carbocycles. The number of hydrogen-bond donors (Lipinski definition) is 1. The summed E-state index contributed by atoms with van der Waals surface area (Å²) in [5.74, 6) is 1.48. The Bertz CT molecular complexity index is 353. The molecule has 18 heavy (non-hydrogen) atoms. The van der Waals surface area contributed by atoms with Crippen LogP contribution >= 0.6 is 0 Å².